The summed E-state index contributed by atoms with van der Waals surface area (Å²) in [5, 5.41) is 0. The zero-order chi connectivity index (χ0) is 19.7. The molecule has 1 amide bonds. The minimum atomic E-state index is -0.109. The molecule has 6 heteroatoms. The molecule has 0 unspecified atom stereocenters. The minimum Gasteiger partial charge on any atom is -0.483 e. The molecule has 0 saturated carbocycles. The highest BCUT2D eigenvalue weighted by Gasteiger charge is 2.27. The van der Waals surface area contributed by atoms with E-state index >= 15 is 0 Å². The molecule has 1 aliphatic heterocycles. The number of para-hydroxylation sites is 2. The van der Waals surface area contributed by atoms with Crippen molar-refractivity contribution in [3.8, 4) is 5.75 Å². The van der Waals surface area contributed by atoms with Crippen molar-refractivity contribution in [2.75, 3.05) is 36.5 Å². The fourth-order valence-electron chi connectivity index (χ4n) is 3.42. The fraction of sp³-hybridized carbons (Fsp3) is 0.318. The van der Waals surface area contributed by atoms with Crippen LogP contribution in [0.15, 0.2) is 42.5 Å². The fourth-order valence-corrected chi connectivity index (χ4v) is 3.42. The van der Waals surface area contributed by atoms with E-state index in [2.05, 4.69) is 4.90 Å². The number of carbonyl (C=O) groups is 1. The number of ether oxygens (including phenoxy) is 1. The third kappa shape index (κ3) is 3.50. The lowest BCUT2D eigenvalue weighted by Gasteiger charge is -2.23. The van der Waals surface area contributed by atoms with Gasteiger partial charge in [0.15, 0.2) is 18.2 Å². The molecule has 0 spiro atoms. The van der Waals surface area contributed by atoms with Crippen LogP contribution in [0.25, 0.3) is 11.0 Å². The maximum atomic E-state index is 13.0. The van der Waals surface area contributed by atoms with E-state index in [1.165, 1.54) is 0 Å². The highest BCUT2D eigenvalue weighted by Crippen LogP contribution is 2.30. The van der Waals surface area contributed by atoms with Gasteiger partial charge < -0.3 is 9.64 Å². The van der Waals surface area contributed by atoms with E-state index in [0.717, 1.165) is 46.7 Å². The van der Waals surface area contributed by atoms with Gasteiger partial charge in [0.05, 0.1) is 11.0 Å². The molecule has 0 atom stereocenters. The summed E-state index contributed by atoms with van der Waals surface area (Å²) in [6.07, 6.45) is 0.847. The van der Waals surface area contributed by atoms with E-state index in [1.54, 1.807) is 4.90 Å². The number of anilines is 2. The Morgan fingerprint density at radius 1 is 1.04 bits per heavy atom. The first kappa shape index (κ1) is 18.2. The van der Waals surface area contributed by atoms with Gasteiger partial charge >= 0.3 is 0 Å². The number of fused-ring (bicyclic) bond motifs is 2. The second-order valence-corrected chi connectivity index (χ2v) is 7.24. The average Bonchev–Trinajstić information content (AvgIpc) is 2.85. The van der Waals surface area contributed by atoms with Crippen LogP contribution in [0.3, 0.4) is 0 Å². The van der Waals surface area contributed by atoms with Gasteiger partial charge in [0.25, 0.3) is 5.91 Å². The summed E-state index contributed by atoms with van der Waals surface area (Å²) in [7, 11) is 1.99. The van der Waals surface area contributed by atoms with Gasteiger partial charge in [-0.3, -0.25) is 9.69 Å². The Kier molecular flexibility index (Phi) is 4.86. The number of rotatable bonds is 3. The zero-order valence-corrected chi connectivity index (χ0v) is 16.5. The van der Waals surface area contributed by atoms with Crippen molar-refractivity contribution < 1.29 is 9.53 Å². The number of amides is 1. The highest BCUT2D eigenvalue weighted by atomic mass is 16.5. The third-order valence-electron chi connectivity index (χ3n) is 5.02. The van der Waals surface area contributed by atoms with E-state index in [4.69, 9.17) is 14.7 Å². The summed E-state index contributed by atoms with van der Waals surface area (Å²) in [6, 6.07) is 13.7. The van der Waals surface area contributed by atoms with Crippen LogP contribution in [0.2, 0.25) is 0 Å². The lowest BCUT2D eigenvalue weighted by molar-refractivity contribution is -0.120. The van der Waals surface area contributed by atoms with Gasteiger partial charge in [0, 0.05) is 20.1 Å². The van der Waals surface area contributed by atoms with Crippen LogP contribution in [0.5, 0.6) is 5.75 Å². The Morgan fingerprint density at radius 2 is 1.75 bits per heavy atom. The normalized spacial score (nSPS) is 14.0. The van der Waals surface area contributed by atoms with Gasteiger partial charge in [-0.25, -0.2) is 9.97 Å². The molecular weight excluding hydrogens is 352 g/mol. The van der Waals surface area contributed by atoms with Crippen molar-refractivity contribution in [2.45, 2.75) is 20.3 Å². The first-order valence-electron chi connectivity index (χ1n) is 9.51. The van der Waals surface area contributed by atoms with Crippen LogP contribution >= 0.6 is 0 Å². The molecule has 4 rings (SSSR count). The maximum Gasteiger partial charge on any atom is 0.266 e. The van der Waals surface area contributed by atoms with Crippen LogP contribution in [-0.2, 0) is 4.79 Å². The topological polar surface area (TPSA) is 58.6 Å². The maximum absolute atomic E-state index is 13.0. The van der Waals surface area contributed by atoms with Crippen LogP contribution in [0.1, 0.15) is 17.5 Å². The van der Waals surface area contributed by atoms with Crippen LogP contribution in [0, 0.1) is 13.8 Å². The number of aryl methyl sites for hydroxylation is 2. The summed E-state index contributed by atoms with van der Waals surface area (Å²) in [6.45, 7) is 5.38. The molecule has 0 aliphatic carbocycles. The summed E-state index contributed by atoms with van der Waals surface area (Å²) in [5.74, 6) is 1.97. The SMILES string of the molecule is Cc1ccc(C)c(OCC(=O)N2CCCN(C)c3nc4ccccc4nc32)c1. The van der Waals surface area contributed by atoms with Gasteiger partial charge in [-0.15, -0.1) is 0 Å². The Hall–Kier alpha value is -3.15. The van der Waals surface area contributed by atoms with E-state index in [0.29, 0.717) is 12.4 Å². The molecular formula is C22H24N4O2. The van der Waals surface area contributed by atoms with E-state index in [-0.39, 0.29) is 12.5 Å². The lowest BCUT2D eigenvalue weighted by atomic mass is 10.1. The number of carbonyl (C=O) groups excluding carboxylic acids is 1. The Labute approximate surface area is 164 Å². The molecule has 6 nitrogen and oxygen atoms in total. The number of aromatic nitrogens is 2. The van der Waals surface area contributed by atoms with Crippen molar-refractivity contribution in [3.05, 3.63) is 53.6 Å². The van der Waals surface area contributed by atoms with Gasteiger partial charge in [-0.05, 0) is 49.6 Å². The molecule has 144 valence electrons. The number of hydrogen-bond donors (Lipinski definition) is 0. The van der Waals surface area contributed by atoms with Crippen molar-refractivity contribution >= 4 is 28.6 Å². The molecule has 2 heterocycles. The lowest BCUT2D eigenvalue weighted by Crippen LogP contribution is -2.36. The molecule has 0 fully saturated rings. The Balaban J connectivity index is 1.64. The molecule has 1 aromatic heterocycles. The predicted octanol–water partition coefficient (Wildman–Crippen LogP) is 3.50. The molecule has 3 aromatic rings. The molecule has 2 aromatic carbocycles. The van der Waals surface area contributed by atoms with Crippen molar-refractivity contribution in [3.63, 3.8) is 0 Å². The zero-order valence-electron chi connectivity index (χ0n) is 16.5. The van der Waals surface area contributed by atoms with Gasteiger partial charge in [-0.2, -0.15) is 0 Å². The minimum absolute atomic E-state index is 0.0258. The number of hydrogen-bond acceptors (Lipinski definition) is 5. The van der Waals surface area contributed by atoms with Crippen molar-refractivity contribution in [1.82, 2.24) is 9.97 Å². The van der Waals surface area contributed by atoms with Gasteiger partial charge in [-0.1, -0.05) is 24.3 Å². The van der Waals surface area contributed by atoms with E-state index < -0.39 is 0 Å². The summed E-state index contributed by atoms with van der Waals surface area (Å²) < 4.78 is 5.85. The second kappa shape index (κ2) is 7.46. The summed E-state index contributed by atoms with van der Waals surface area (Å²) >= 11 is 0. The quantitative estimate of drug-likeness (QED) is 0.700. The molecule has 0 bridgehead atoms. The molecule has 0 saturated heterocycles. The highest BCUT2D eigenvalue weighted by molar-refractivity contribution is 5.97. The smallest absolute Gasteiger partial charge is 0.266 e. The van der Waals surface area contributed by atoms with Gasteiger partial charge in [0.2, 0.25) is 0 Å². The van der Waals surface area contributed by atoms with Crippen LogP contribution in [0.4, 0.5) is 11.6 Å². The number of nitrogens with zero attached hydrogens (tertiary/aromatic N) is 4. The van der Waals surface area contributed by atoms with E-state index in [9.17, 15) is 4.79 Å². The number of benzene rings is 2. The van der Waals surface area contributed by atoms with Crippen LogP contribution < -0.4 is 14.5 Å². The third-order valence-corrected chi connectivity index (χ3v) is 5.02. The molecule has 0 radical (unpaired) electrons. The summed E-state index contributed by atoms with van der Waals surface area (Å²) in [5.41, 5.74) is 3.73. The van der Waals surface area contributed by atoms with Crippen LogP contribution in [-0.4, -0.2) is 42.6 Å². The summed E-state index contributed by atoms with van der Waals surface area (Å²) in [4.78, 5) is 26.3. The monoisotopic (exact) mass is 376 g/mol. The standard InChI is InChI=1S/C22H24N4O2/c1-15-9-10-16(2)19(13-15)28-14-20(27)26-12-6-11-25(3)21-22(26)24-18-8-5-4-7-17(18)23-21/h4-5,7-10,13H,6,11-12,14H2,1-3H3. The average molecular weight is 376 g/mol. The van der Waals surface area contributed by atoms with E-state index in [1.807, 2.05) is 63.4 Å². The van der Waals surface area contributed by atoms with Crippen molar-refractivity contribution in [1.29, 1.82) is 0 Å². The van der Waals surface area contributed by atoms with Gasteiger partial charge in [0.1, 0.15) is 5.75 Å². The first-order chi connectivity index (χ1) is 13.5. The molecule has 28 heavy (non-hydrogen) atoms. The Morgan fingerprint density at radius 3 is 2.50 bits per heavy atom. The predicted molar refractivity (Wildman–Crippen MR) is 111 cm³/mol. The first-order valence-corrected chi connectivity index (χ1v) is 9.51. The Bertz CT molecular complexity index is 1030. The molecule has 0 N–H and O–H groups in total. The van der Waals surface area contributed by atoms with Crippen molar-refractivity contribution in [2.24, 2.45) is 0 Å². The second-order valence-electron chi connectivity index (χ2n) is 7.24. The molecule has 1 aliphatic rings. The largest absolute Gasteiger partial charge is 0.483 e.